The fourth-order valence-electron chi connectivity index (χ4n) is 1.34. The molecule has 2 N–H and O–H groups in total. The van der Waals surface area contributed by atoms with E-state index < -0.39 is 0 Å². The molecule has 0 aliphatic heterocycles. The summed E-state index contributed by atoms with van der Waals surface area (Å²) in [6.45, 7) is 0. The predicted octanol–water partition coefficient (Wildman–Crippen LogP) is 0.830. The van der Waals surface area contributed by atoms with Crippen LogP contribution in [0.2, 0.25) is 0 Å². The highest BCUT2D eigenvalue weighted by Gasteiger charge is 2.29. The van der Waals surface area contributed by atoms with E-state index in [4.69, 9.17) is 5.73 Å². The summed E-state index contributed by atoms with van der Waals surface area (Å²) in [5.41, 5.74) is 7.14. The Morgan fingerprint density at radius 2 is 2.45 bits per heavy atom. The van der Waals surface area contributed by atoms with Gasteiger partial charge in [0.2, 0.25) is 0 Å². The van der Waals surface area contributed by atoms with Crippen LogP contribution >= 0.6 is 0 Å². The molecule has 1 aromatic heterocycles. The lowest BCUT2D eigenvalue weighted by molar-refractivity contribution is 0.632. The second kappa shape index (κ2) is 2.34. The number of hydrogen-bond donors (Lipinski definition) is 1. The van der Waals surface area contributed by atoms with Crippen LogP contribution < -0.4 is 5.73 Å². The molecule has 11 heavy (non-hydrogen) atoms. The molecule has 1 heterocycles. The Bertz CT molecular complexity index is 250. The maximum Gasteiger partial charge on any atom is 0.0537 e. The third-order valence-corrected chi connectivity index (χ3v) is 2.24. The largest absolute Gasteiger partial charge is 0.324 e. The molecule has 0 aromatic carbocycles. The van der Waals surface area contributed by atoms with E-state index in [0.29, 0.717) is 0 Å². The van der Waals surface area contributed by atoms with E-state index in [1.165, 1.54) is 18.4 Å². The minimum atomic E-state index is 0.226. The average molecular weight is 151 g/mol. The fourth-order valence-corrected chi connectivity index (χ4v) is 1.34. The number of aryl methyl sites for hydroxylation is 1. The lowest BCUT2D eigenvalue weighted by atomic mass is 10.1. The molecule has 3 nitrogen and oxygen atoms in total. The number of hydrogen-bond acceptors (Lipinski definition) is 2. The van der Waals surface area contributed by atoms with Gasteiger partial charge in [0, 0.05) is 24.8 Å². The van der Waals surface area contributed by atoms with Crippen LogP contribution in [0.1, 0.15) is 24.4 Å². The van der Waals surface area contributed by atoms with Crippen LogP contribution in [0.3, 0.4) is 0 Å². The van der Waals surface area contributed by atoms with E-state index >= 15 is 0 Å². The molecule has 0 saturated heterocycles. The maximum absolute atomic E-state index is 5.96. The van der Waals surface area contributed by atoms with E-state index in [2.05, 4.69) is 5.10 Å². The van der Waals surface area contributed by atoms with Gasteiger partial charge in [0.1, 0.15) is 0 Å². The van der Waals surface area contributed by atoms with Crippen molar-refractivity contribution in [2.45, 2.75) is 18.9 Å². The summed E-state index contributed by atoms with van der Waals surface area (Å²) in [5.74, 6) is 0.721. The van der Waals surface area contributed by atoms with Gasteiger partial charge in [-0.3, -0.25) is 4.68 Å². The standard InChI is InChI=1S/C8H13N3/c1-11-5-7(4-10-11)8(9)6-2-3-6/h4-6,8H,2-3,9H2,1H3. The van der Waals surface area contributed by atoms with Crippen molar-refractivity contribution in [1.29, 1.82) is 0 Å². The van der Waals surface area contributed by atoms with Crippen LogP contribution in [0.5, 0.6) is 0 Å². The summed E-state index contributed by atoms with van der Waals surface area (Å²) in [6.07, 6.45) is 6.44. The smallest absolute Gasteiger partial charge is 0.0537 e. The molecule has 0 spiro atoms. The lowest BCUT2D eigenvalue weighted by Gasteiger charge is -2.05. The van der Waals surface area contributed by atoms with Crippen molar-refractivity contribution >= 4 is 0 Å². The number of aromatic nitrogens is 2. The van der Waals surface area contributed by atoms with Gasteiger partial charge in [-0.1, -0.05) is 0 Å². The zero-order valence-corrected chi connectivity index (χ0v) is 6.70. The topological polar surface area (TPSA) is 43.8 Å². The van der Waals surface area contributed by atoms with Crippen LogP contribution in [0, 0.1) is 5.92 Å². The van der Waals surface area contributed by atoms with E-state index in [0.717, 1.165) is 5.92 Å². The zero-order chi connectivity index (χ0) is 7.84. The van der Waals surface area contributed by atoms with Gasteiger partial charge in [0.15, 0.2) is 0 Å². The second-order valence-corrected chi connectivity index (χ2v) is 3.31. The Morgan fingerprint density at radius 1 is 1.73 bits per heavy atom. The molecule has 1 fully saturated rings. The molecule has 0 amide bonds. The molecule has 2 rings (SSSR count). The van der Waals surface area contributed by atoms with Crippen molar-refractivity contribution in [1.82, 2.24) is 9.78 Å². The molecule has 1 aromatic rings. The van der Waals surface area contributed by atoms with Crippen LogP contribution in [0.4, 0.5) is 0 Å². The van der Waals surface area contributed by atoms with Crippen molar-refractivity contribution < 1.29 is 0 Å². The first kappa shape index (κ1) is 6.85. The molecule has 1 atom stereocenters. The first-order valence-corrected chi connectivity index (χ1v) is 4.01. The molecule has 0 bridgehead atoms. The molecule has 0 radical (unpaired) electrons. The monoisotopic (exact) mass is 151 g/mol. The molecule has 1 unspecified atom stereocenters. The Kier molecular flexibility index (Phi) is 1.46. The lowest BCUT2D eigenvalue weighted by Crippen LogP contribution is -2.11. The van der Waals surface area contributed by atoms with Gasteiger partial charge in [-0.05, 0) is 18.8 Å². The fraction of sp³-hybridized carbons (Fsp3) is 0.625. The highest BCUT2D eigenvalue weighted by molar-refractivity contribution is 5.12. The van der Waals surface area contributed by atoms with Gasteiger partial charge < -0.3 is 5.73 Å². The summed E-state index contributed by atoms with van der Waals surface area (Å²) >= 11 is 0. The second-order valence-electron chi connectivity index (χ2n) is 3.31. The Hall–Kier alpha value is -0.830. The van der Waals surface area contributed by atoms with Gasteiger partial charge in [0.05, 0.1) is 6.20 Å². The molecular formula is C8H13N3. The van der Waals surface area contributed by atoms with Crippen molar-refractivity contribution in [2.24, 2.45) is 18.7 Å². The van der Waals surface area contributed by atoms with Gasteiger partial charge in [-0.2, -0.15) is 5.10 Å². The van der Waals surface area contributed by atoms with Gasteiger partial charge >= 0.3 is 0 Å². The molecular weight excluding hydrogens is 138 g/mol. The minimum Gasteiger partial charge on any atom is -0.324 e. The highest BCUT2D eigenvalue weighted by Crippen LogP contribution is 2.38. The first-order valence-electron chi connectivity index (χ1n) is 4.01. The number of nitrogens with two attached hydrogens (primary N) is 1. The quantitative estimate of drug-likeness (QED) is 0.680. The van der Waals surface area contributed by atoms with Crippen molar-refractivity contribution in [3.63, 3.8) is 0 Å². The van der Waals surface area contributed by atoms with Crippen molar-refractivity contribution in [2.75, 3.05) is 0 Å². The molecule has 1 aliphatic carbocycles. The zero-order valence-electron chi connectivity index (χ0n) is 6.70. The first-order chi connectivity index (χ1) is 5.27. The van der Waals surface area contributed by atoms with Crippen LogP contribution in [0.15, 0.2) is 12.4 Å². The normalized spacial score (nSPS) is 20.2. The minimum absolute atomic E-state index is 0.226. The van der Waals surface area contributed by atoms with Crippen molar-refractivity contribution in [3.8, 4) is 0 Å². The summed E-state index contributed by atoms with van der Waals surface area (Å²) in [6, 6.07) is 0.226. The van der Waals surface area contributed by atoms with E-state index in [9.17, 15) is 0 Å². The number of rotatable bonds is 2. The predicted molar refractivity (Wildman–Crippen MR) is 42.9 cm³/mol. The average Bonchev–Trinajstić information content (AvgIpc) is 2.74. The number of nitrogens with zero attached hydrogens (tertiary/aromatic N) is 2. The molecule has 1 saturated carbocycles. The maximum atomic E-state index is 5.96. The molecule has 3 heteroatoms. The Morgan fingerprint density at radius 3 is 2.91 bits per heavy atom. The highest BCUT2D eigenvalue weighted by atomic mass is 15.2. The van der Waals surface area contributed by atoms with Crippen LogP contribution in [0.25, 0.3) is 0 Å². The molecule has 1 aliphatic rings. The Balaban J connectivity index is 2.14. The Labute approximate surface area is 66.2 Å². The van der Waals surface area contributed by atoms with Gasteiger partial charge in [-0.25, -0.2) is 0 Å². The third-order valence-electron chi connectivity index (χ3n) is 2.24. The van der Waals surface area contributed by atoms with Crippen molar-refractivity contribution in [3.05, 3.63) is 18.0 Å². The van der Waals surface area contributed by atoms with E-state index in [1.54, 1.807) is 4.68 Å². The summed E-state index contributed by atoms with van der Waals surface area (Å²) in [5, 5.41) is 4.08. The summed E-state index contributed by atoms with van der Waals surface area (Å²) < 4.78 is 1.80. The van der Waals surface area contributed by atoms with Gasteiger partial charge in [0.25, 0.3) is 0 Å². The third kappa shape index (κ3) is 1.28. The van der Waals surface area contributed by atoms with Crippen LogP contribution in [-0.4, -0.2) is 9.78 Å². The summed E-state index contributed by atoms with van der Waals surface area (Å²) in [4.78, 5) is 0. The van der Waals surface area contributed by atoms with E-state index in [-0.39, 0.29) is 6.04 Å². The van der Waals surface area contributed by atoms with Gasteiger partial charge in [-0.15, -0.1) is 0 Å². The SMILES string of the molecule is Cn1cc(C(N)C2CC2)cn1. The van der Waals surface area contributed by atoms with Crippen LogP contribution in [-0.2, 0) is 7.05 Å². The summed E-state index contributed by atoms with van der Waals surface area (Å²) in [7, 11) is 1.92. The van der Waals surface area contributed by atoms with E-state index in [1.807, 2.05) is 19.4 Å². The molecule has 60 valence electrons.